The standard InChI is InChI=1S/C18H13N3O3/c1-21-16(17(23)20-14-8-4-5-9-15(14)22)13(10-19)11-6-2-3-7-12(11)18(21)24/h2-9,22H,1H3,(H,20,23). The molecule has 0 bridgehead atoms. The van der Waals surface area contributed by atoms with Gasteiger partial charge in [0.25, 0.3) is 11.5 Å². The maximum atomic E-state index is 12.6. The van der Waals surface area contributed by atoms with Crippen LogP contribution in [-0.2, 0) is 7.05 Å². The fourth-order valence-corrected chi connectivity index (χ4v) is 2.60. The third kappa shape index (κ3) is 2.38. The molecule has 3 rings (SSSR count). The average molecular weight is 319 g/mol. The number of nitrogens with one attached hydrogen (secondary N) is 1. The molecule has 24 heavy (non-hydrogen) atoms. The van der Waals surface area contributed by atoms with E-state index in [4.69, 9.17) is 0 Å². The normalized spacial score (nSPS) is 10.3. The number of anilines is 1. The highest BCUT2D eigenvalue weighted by Crippen LogP contribution is 2.24. The molecule has 0 fully saturated rings. The predicted molar refractivity (Wildman–Crippen MR) is 90.0 cm³/mol. The zero-order valence-electron chi connectivity index (χ0n) is 12.8. The van der Waals surface area contributed by atoms with Gasteiger partial charge in [-0.15, -0.1) is 0 Å². The van der Waals surface area contributed by atoms with Gasteiger partial charge in [0.1, 0.15) is 17.5 Å². The van der Waals surface area contributed by atoms with Crippen molar-refractivity contribution in [1.29, 1.82) is 5.26 Å². The number of carbonyl (C=O) groups is 1. The van der Waals surface area contributed by atoms with E-state index >= 15 is 0 Å². The molecule has 1 heterocycles. The van der Waals surface area contributed by atoms with Crippen molar-refractivity contribution in [2.75, 3.05) is 5.32 Å². The molecule has 2 N–H and O–H groups in total. The number of aromatic hydroxyl groups is 1. The largest absolute Gasteiger partial charge is 0.506 e. The van der Waals surface area contributed by atoms with Crippen molar-refractivity contribution in [3.05, 3.63) is 70.1 Å². The van der Waals surface area contributed by atoms with Crippen LogP contribution < -0.4 is 10.9 Å². The highest BCUT2D eigenvalue weighted by atomic mass is 16.3. The van der Waals surface area contributed by atoms with E-state index in [1.54, 1.807) is 36.4 Å². The molecular formula is C18H13N3O3. The van der Waals surface area contributed by atoms with Crippen LogP contribution in [0.15, 0.2) is 53.3 Å². The Balaban J connectivity index is 2.21. The summed E-state index contributed by atoms with van der Waals surface area (Å²) in [6.07, 6.45) is 0. The number of hydrogen-bond donors (Lipinski definition) is 2. The van der Waals surface area contributed by atoms with Gasteiger partial charge < -0.3 is 15.0 Å². The summed E-state index contributed by atoms with van der Waals surface area (Å²) in [5.74, 6) is -0.742. The Kier molecular flexibility index (Phi) is 3.76. The van der Waals surface area contributed by atoms with E-state index in [2.05, 4.69) is 5.32 Å². The van der Waals surface area contributed by atoms with Crippen molar-refractivity contribution in [2.24, 2.45) is 7.05 Å². The van der Waals surface area contributed by atoms with Gasteiger partial charge in [0.2, 0.25) is 0 Å². The molecule has 0 radical (unpaired) electrons. The monoisotopic (exact) mass is 319 g/mol. The molecular weight excluding hydrogens is 306 g/mol. The van der Waals surface area contributed by atoms with Crippen molar-refractivity contribution in [3.8, 4) is 11.8 Å². The van der Waals surface area contributed by atoms with Crippen LogP contribution in [0.2, 0.25) is 0 Å². The van der Waals surface area contributed by atoms with Gasteiger partial charge in [0.05, 0.1) is 11.3 Å². The van der Waals surface area contributed by atoms with Gasteiger partial charge in [-0.3, -0.25) is 9.59 Å². The van der Waals surface area contributed by atoms with E-state index in [1.165, 1.54) is 19.2 Å². The molecule has 0 spiro atoms. The second kappa shape index (κ2) is 5.89. The fraction of sp³-hybridized carbons (Fsp3) is 0.0556. The summed E-state index contributed by atoms with van der Waals surface area (Å²) in [4.78, 5) is 25.1. The topological polar surface area (TPSA) is 95.1 Å². The molecule has 3 aromatic rings. The number of rotatable bonds is 2. The van der Waals surface area contributed by atoms with Gasteiger partial charge in [-0.05, 0) is 18.2 Å². The summed E-state index contributed by atoms with van der Waals surface area (Å²) in [6, 6.07) is 14.9. The summed E-state index contributed by atoms with van der Waals surface area (Å²) in [6.45, 7) is 0. The van der Waals surface area contributed by atoms with Crippen LogP contribution in [0.3, 0.4) is 0 Å². The van der Waals surface area contributed by atoms with E-state index in [1.807, 2.05) is 6.07 Å². The predicted octanol–water partition coefficient (Wildman–Crippen LogP) is 2.37. The lowest BCUT2D eigenvalue weighted by molar-refractivity contribution is 0.101. The number of pyridine rings is 1. The highest BCUT2D eigenvalue weighted by molar-refractivity contribution is 6.08. The maximum absolute atomic E-state index is 12.6. The van der Waals surface area contributed by atoms with Crippen LogP contribution in [0.25, 0.3) is 10.8 Å². The van der Waals surface area contributed by atoms with Crippen LogP contribution >= 0.6 is 0 Å². The average Bonchev–Trinajstić information content (AvgIpc) is 2.59. The van der Waals surface area contributed by atoms with Crippen molar-refractivity contribution in [3.63, 3.8) is 0 Å². The van der Waals surface area contributed by atoms with E-state index in [9.17, 15) is 20.0 Å². The Hall–Kier alpha value is -3.59. The molecule has 0 saturated heterocycles. The minimum Gasteiger partial charge on any atom is -0.506 e. The first kappa shape index (κ1) is 15.3. The van der Waals surface area contributed by atoms with E-state index in [-0.39, 0.29) is 28.3 Å². The number of nitriles is 1. The maximum Gasteiger partial charge on any atom is 0.273 e. The number of phenols is 1. The zero-order chi connectivity index (χ0) is 17.3. The second-order valence-electron chi connectivity index (χ2n) is 5.22. The molecule has 0 aliphatic rings. The molecule has 0 saturated carbocycles. The van der Waals surface area contributed by atoms with E-state index < -0.39 is 5.91 Å². The number of para-hydroxylation sites is 2. The lowest BCUT2D eigenvalue weighted by atomic mass is 10.0. The first-order valence-corrected chi connectivity index (χ1v) is 7.15. The molecule has 6 nitrogen and oxygen atoms in total. The summed E-state index contributed by atoms with van der Waals surface area (Å²) in [5.41, 5.74) is -0.107. The lowest BCUT2D eigenvalue weighted by Crippen LogP contribution is -2.28. The zero-order valence-corrected chi connectivity index (χ0v) is 12.8. The number of carbonyl (C=O) groups excluding carboxylic acids is 1. The summed E-state index contributed by atoms with van der Waals surface area (Å²) in [5, 5.41) is 22.6. The summed E-state index contributed by atoms with van der Waals surface area (Å²) in [7, 11) is 1.44. The molecule has 0 aliphatic carbocycles. The molecule has 0 atom stereocenters. The number of fused-ring (bicyclic) bond motifs is 1. The second-order valence-corrected chi connectivity index (χ2v) is 5.22. The molecule has 2 aromatic carbocycles. The smallest absolute Gasteiger partial charge is 0.273 e. The van der Waals surface area contributed by atoms with Gasteiger partial charge in [-0.1, -0.05) is 30.3 Å². The number of benzene rings is 2. The van der Waals surface area contributed by atoms with Crippen LogP contribution in [-0.4, -0.2) is 15.6 Å². The first-order chi connectivity index (χ1) is 11.5. The van der Waals surface area contributed by atoms with Gasteiger partial charge in [0.15, 0.2) is 0 Å². The van der Waals surface area contributed by atoms with Gasteiger partial charge >= 0.3 is 0 Å². The van der Waals surface area contributed by atoms with Crippen LogP contribution in [0.4, 0.5) is 5.69 Å². The minimum atomic E-state index is -0.640. The number of phenolic OH excluding ortho intramolecular Hbond substituents is 1. The number of amides is 1. The molecule has 6 heteroatoms. The fourth-order valence-electron chi connectivity index (χ4n) is 2.60. The number of nitrogens with zero attached hydrogens (tertiary/aromatic N) is 2. The Labute approximate surface area is 137 Å². The molecule has 0 aliphatic heterocycles. The minimum absolute atomic E-state index is 0.0514. The Morgan fingerprint density at radius 1 is 1.12 bits per heavy atom. The van der Waals surface area contributed by atoms with Crippen LogP contribution in [0.1, 0.15) is 16.1 Å². The summed E-state index contributed by atoms with van der Waals surface area (Å²) >= 11 is 0. The molecule has 118 valence electrons. The molecule has 0 unspecified atom stereocenters. The first-order valence-electron chi connectivity index (χ1n) is 7.15. The van der Waals surface area contributed by atoms with Crippen molar-refractivity contribution >= 4 is 22.4 Å². The van der Waals surface area contributed by atoms with Crippen molar-refractivity contribution in [2.45, 2.75) is 0 Å². The van der Waals surface area contributed by atoms with E-state index in [0.717, 1.165) is 4.57 Å². The third-order valence-electron chi connectivity index (χ3n) is 3.78. The van der Waals surface area contributed by atoms with Gasteiger partial charge in [0, 0.05) is 17.8 Å². The summed E-state index contributed by atoms with van der Waals surface area (Å²) < 4.78 is 1.15. The van der Waals surface area contributed by atoms with Crippen LogP contribution in [0.5, 0.6) is 5.75 Å². The number of aromatic nitrogens is 1. The Morgan fingerprint density at radius 2 is 1.75 bits per heavy atom. The highest BCUT2D eigenvalue weighted by Gasteiger charge is 2.21. The Bertz CT molecular complexity index is 1060. The molecule has 1 amide bonds. The lowest BCUT2D eigenvalue weighted by Gasteiger charge is -2.13. The van der Waals surface area contributed by atoms with Crippen molar-refractivity contribution < 1.29 is 9.90 Å². The number of hydrogen-bond acceptors (Lipinski definition) is 4. The quantitative estimate of drug-likeness (QED) is 0.709. The van der Waals surface area contributed by atoms with E-state index in [0.29, 0.717) is 10.8 Å². The van der Waals surface area contributed by atoms with Gasteiger partial charge in [-0.2, -0.15) is 5.26 Å². The van der Waals surface area contributed by atoms with Crippen molar-refractivity contribution in [1.82, 2.24) is 4.57 Å². The molecule has 1 aromatic heterocycles. The van der Waals surface area contributed by atoms with Gasteiger partial charge in [-0.25, -0.2) is 0 Å². The SMILES string of the molecule is Cn1c(C(=O)Nc2ccccc2O)c(C#N)c2ccccc2c1=O. The third-order valence-corrected chi connectivity index (χ3v) is 3.78. The Morgan fingerprint density at radius 3 is 2.42 bits per heavy atom. The van der Waals surface area contributed by atoms with Crippen LogP contribution in [0, 0.1) is 11.3 Å².